The molecule has 0 aromatic heterocycles. The van der Waals surface area contributed by atoms with Crippen molar-refractivity contribution < 1.29 is 44.7 Å². The monoisotopic (exact) mass is 712 g/mol. The molecule has 3 rings (SSSR count). The fourth-order valence-electron chi connectivity index (χ4n) is 5.59. The summed E-state index contributed by atoms with van der Waals surface area (Å²) >= 11 is 0. The molecule has 2 aromatic rings. The number of fused-ring (bicyclic) bond motifs is 3. The number of anilines is 2. The molecule has 14 nitrogen and oxygen atoms in total. The number of unbranched alkanes of at least 4 members (excludes halogenated alkanes) is 2. The number of carbonyl (C=O) groups is 5. The molecule has 0 saturated carbocycles. The molecule has 7 N–H and O–H groups in total. The van der Waals surface area contributed by atoms with E-state index in [0.717, 1.165) is 41.5 Å². The lowest BCUT2D eigenvalue weighted by Crippen LogP contribution is -2.27. The predicted molar refractivity (Wildman–Crippen MR) is 193 cm³/mol. The van der Waals surface area contributed by atoms with Gasteiger partial charge in [0.1, 0.15) is 6.61 Å². The van der Waals surface area contributed by atoms with Gasteiger partial charge in [-0.2, -0.15) is 0 Å². The summed E-state index contributed by atoms with van der Waals surface area (Å²) < 4.78 is 23.2. The third kappa shape index (κ3) is 15.1. The maximum absolute atomic E-state index is 12.7. The van der Waals surface area contributed by atoms with Crippen LogP contribution in [0.3, 0.4) is 0 Å². The molecule has 1 unspecified atom stereocenters. The number of benzene rings is 2. The van der Waals surface area contributed by atoms with Crippen molar-refractivity contribution in [3.05, 3.63) is 47.5 Å². The highest BCUT2D eigenvalue weighted by molar-refractivity contribution is 5.94. The van der Waals surface area contributed by atoms with Crippen LogP contribution in [0, 0.1) is 0 Å². The summed E-state index contributed by atoms with van der Waals surface area (Å²) in [5, 5.41) is 20.1. The molecule has 0 heterocycles. The van der Waals surface area contributed by atoms with E-state index in [0.29, 0.717) is 70.2 Å². The molecule has 51 heavy (non-hydrogen) atoms. The maximum atomic E-state index is 12.7. The highest BCUT2D eigenvalue weighted by atomic mass is 16.5. The molecule has 1 aliphatic carbocycles. The Bertz CT molecular complexity index is 1480. The maximum Gasteiger partial charge on any atom is 0.404 e. The van der Waals surface area contributed by atoms with E-state index in [4.69, 9.17) is 20.7 Å². The Morgan fingerprint density at radius 3 is 1.71 bits per heavy atom. The molecular weight excluding hydrogens is 658 g/mol. The Morgan fingerprint density at radius 1 is 0.706 bits per heavy atom. The van der Waals surface area contributed by atoms with Crippen LogP contribution in [0.1, 0.15) is 88.2 Å². The van der Waals surface area contributed by atoms with Gasteiger partial charge in [0, 0.05) is 75.9 Å². The number of ether oxygens (including phenoxy) is 3. The Hall–Kier alpha value is -4.53. The van der Waals surface area contributed by atoms with Gasteiger partial charge in [-0.05, 0) is 78.6 Å². The summed E-state index contributed by atoms with van der Waals surface area (Å²) in [6.45, 7) is 4.97. The summed E-state index contributed by atoms with van der Waals surface area (Å²) in [5.74, 6) is -1.23. The van der Waals surface area contributed by atoms with Crippen molar-refractivity contribution in [2.24, 2.45) is 5.73 Å². The molecule has 14 heteroatoms. The van der Waals surface area contributed by atoms with Gasteiger partial charge in [0.2, 0.25) is 23.6 Å². The van der Waals surface area contributed by atoms with Crippen LogP contribution >= 0.6 is 0 Å². The fraction of sp³-hybridized carbons (Fsp3) is 0.541. The molecule has 0 spiro atoms. The summed E-state index contributed by atoms with van der Waals surface area (Å²) in [4.78, 5) is 61.5. The Balaban J connectivity index is 1.52. The number of nitrogens with two attached hydrogens (primary N) is 1. The lowest BCUT2D eigenvalue weighted by Gasteiger charge is -2.15. The average molecular weight is 713 g/mol. The molecule has 0 fully saturated rings. The molecule has 2 aromatic carbocycles. The minimum absolute atomic E-state index is 0.0823. The van der Waals surface area contributed by atoms with Gasteiger partial charge in [0.15, 0.2) is 1.41 Å². The van der Waals surface area contributed by atoms with Gasteiger partial charge in [0.05, 0.1) is 13.2 Å². The van der Waals surface area contributed by atoms with Crippen molar-refractivity contribution in [1.29, 1.82) is 0 Å². The third-order valence-corrected chi connectivity index (χ3v) is 8.18. The van der Waals surface area contributed by atoms with Gasteiger partial charge in [-0.3, -0.25) is 19.2 Å². The zero-order valence-electron chi connectivity index (χ0n) is 30.5. The Labute approximate surface area is 301 Å². The Kier molecular flexibility index (Phi) is 17.7. The molecule has 0 bridgehead atoms. The standard InChI is InChI=1S/C37H53N5O9/c1-2-3-19-49-21-16-39-33(44)8-6-10-35(46)41-26-12-14-28-29-15-13-27(24-31(29)32(30(28)23-26)25-51-37(38)48)42-36(47)11-7-9-34(45)40-17-22-50-20-5-4-18-43/h12-15,23-24,32,43H,2-11,16-22,25H2,1H3,(H2,38,48)(H,39,44)(H,40,45)(H,41,46)(H,42,47)/i/hD. The van der Waals surface area contributed by atoms with E-state index in [1.165, 1.54) is 0 Å². The second-order valence-electron chi connectivity index (χ2n) is 12.3. The summed E-state index contributed by atoms with van der Waals surface area (Å²) in [5.41, 5.74) is 6.15. The number of hydrogen-bond donors (Lipinski definition) is 6. The van der Waals surface area contributed by atoms with Crippen LogP contribution in [0.5, 0.6) is 0 Å². The number of hydrogen-bond acceptors (Lipinski definition) is 9. The number of aliphatic hydroxyl groups is 1. The first-order valence-electron chi connectivity index (χ1n) is 18.3. The van der Waals surface area contributed by atoms with Crippen LogP contribution in [-0.4, -0.2) is 87.6 Å². The largest absolute Gasteiger partial charge is 0.449 e. The number of aliphatic hydroxyl groups excluding tert-OH is 1. The molecule has 1 atom stereocenters. The van der Waals surface area contributed by atoms with Crippen LogP contribution in [0.4, 0.5) is 16.2 Å². The molecule has 0 radical (unpaired) electrons. The Morgan fingerprint density at radius 2 is 1.22 bits per heavy atom. The van der Waals surface area contributed by atoms with Gasteiger partial charge in [-0.15, -0.1) is 0 Å². The van der Waals surface area contributed by atoms with Crippen molar-refractivity contribution >= 4 is 41.1 Å². The number of rotatable bonds is 25. The van der Waals surface area contributed by atoms with Crippen molar-refractivity contribution in [2.45, 2.75) is 77.0 Å². The van der Waals surface area contributed by atoms with Crippen molar-refractivity contribution in [3.8, 4) is 11.1 Å². The summed E-state index contributed by atoms with van der Waals surface area (Å²) in [6, 6.07) is 10.9. The van der Waals surface area contributed by atoms with Gasteiger partial charge in [0.25, 0.3) is 0 Å². The zero-order chi connectivity index (χ0) is 37.6. The average Bonchev–Trinajstić information content (AvgIpc) is 3.43. The normalized spacial score (nSPS) is 13.0. The van der Waals surface area contributed by atoms with E-state index in [1.807, 2.05) is 24.3 Å². The molecule has 5 amide bonds. The van der Waals surface area contributed by atoms with E-state index in [2.05, 4.69) is 28.2 Å². The highest BCUT2D eigenvalue weighted by Gasteiger charge is 2.30. The first-order chi connectivity index (χ1) is 25.2. The van der Waals surface area contributed by atoms with Gasteiger partial charge in [-0.1, -0.05) is 25.5 Å². The number of amides is 5. The SMILES string of the molecule is [2H]NC(=O)OCC1c2cc(NC(=O)CCCC(=O)NCCOCCCC)ccc2-c2ccc(NC(=O)CCCC(=O)NCCOCCCCO)cc21. The van der Waals surface area contributed by atoms with Crippen molar-refractivity contribution in [3.63, 3.8) is 0 Å². The lowest BCUT2D eigenvalue weighted by molar-refractivity contribution is -0.122. The molecule has 1 aliphatic rings. The highest BCUT2D eigenvalue weighted by Crippen LogP contribution is 2.46. The zero-order valence-corrected chi connectivity index (χ0v) is 29.5. The fourth-order valence-corrected chi connectivity index (χ4v) is 5.59. The summed E-state index contributed by atoms with van der Waals surface area (Å²) in [7, 11) is 0. The van der Waals surface area contributed by atoms with Crippen LogP contribution in [0.15, 0.2) is 36.4 Å². The van der Waals surface area contributed by atoms with Crippen molar-refractivity contribution in [2.75, 3.05) is 63.4 Å². The minimum Gasteiger partial charge on any atom is -0.449 e. The van der Waals surface area contributed by atoms with E-state index >= 15 is 0 Å². The van der Waals surface area contributed by atoms with E-state index in [1.54, 1.807) is 17.9 Å². The van der Waals surface area contributed by atoms with Crippen LogP contribution in [0.25, 0.3) is 11.1 Å². The molecular formula is C37H53N5O9. The van der Waals surface area contributed by atoms with Crippen molar-refractivity contribution in [1.82, 2.24) is 10.6 Å². The summed E-state index contributed by atoms with van der Waals surface area (Å²) in [6.07, 6.45) is 4.01. The lowest BCUT2D eigenvalue weighted by atomic mass is 9.97. The van der Waals surface area contributed by atoms with E-state index in [9.17, 15) is 24.0 Å². The second kappa shape index (κ2) is 23.0. The topological polar surface area (TPSA) is 207 Å². The van der Waals surface area contributed by atoms with Crippen LogP contribution in [0.2, 0.25) is 1.41 Å². The third-order valence-electron chi connectivity index (χ3n) is 8.18. The van der Waals surface area contributed by atoms with Gasteiger partial charge in [-0.25, -0.2) is 4.79 Å². The van der Waals surface area contributed by atoms with Crippen LogP contribution in [-0.2, 0) is 33.4 Å². The smallest absolute Gasteiger partial charge is 0.404 e. The van der Waals surface area contributed by atoms with E-state index in [-0.39, 0.29) is 62.5 Å². The first kappa shape index (κ1) is 39.3. The van der Waals surface area contributed by atoms with E-state index < -0.39 is 12.0 Å². The number of primary amides is 1. The van der Waals surface area contributed by atoms with Crippen LogP contribution < -0.4 is 27.0 Å². The minimum atomic E-state index is -0.911. The number of nitrogens with one attached hydrogen (secondary N) is 4. The molecule has 0 aliphatic heterocycles. The number of carbonyl (C=O) groups excluding carboxylic acids is 5. The molecule has 0 saturated heterocycles. The van der Waals surface area contributed by atoms with Gasteiger partial charge >= 0.3 is 6.09 Å². The first-order valence-corrected chi connectivity index (χ1v) is 17.8. The predicted octanol–water partition coefficient (Wildman–Crippen LogP) is 3.95. The van der Waals surface area contributed by atoms with Gasteiger partial charge < -0.3 is 46.3 Å². The quantitative estimate of drug-likeness (QED) is 0.0823. The molecule has 280 valence electrons. The second-order valence-corrected chi connectivity index (χ2v) is 12.3.